The molecule has 1 N–H and O–H groups in total. The Morgan fingerprint density at radius 2 is 1.94 bits per heavy atom. The first-order valence-corrected chi connectivity index (χ1v) is 11.6. The van der Waals surface area contributed by atoms with Gasteiger partial charge in [-0.25, -0.2) is 0 Å². The highest BCUT2D eigenvalue weighted by Gasteiger charge is 2.12. The molecule has 0 unspecified atom stereocenters. The number of halogens is 2. The van der Waals surface area contributed by atoms with Crippen LogP contribution in [0.5, 0.6) is 5.75 Å². The molecule has 32 heavy (non-hydrogen) atoms. The summed E-state index contributed by atoms with van der Waals surface area (Å²) in [5.74, 6) is 0.679. The monoisotopic (exact) mass is 485 g/mol. The fraction of sp³-hybridized carbons (Fsp3) is 0.167. The van der Waals surface area contributed by atoms with E-state index in [0.29, 0.717) is 33.8 Å². The summed E-state index contributed by atoms with van der Waals surface area (Å²) >= 11 is 13.4. The van der Waals surface area contributed by atoms with Gasteiger partial charge < -0.3 is 10.1 Å². The van der Waals surface area contributed by atoms with E-state index < -0.39 is 0 Å². The third-order valence-electron chi connectivity index (χ3n) is 4.84. The Labute approximate surface area is 200 Å². The molecule has 0 saturated carbocycles. The van der Waals surface area contributed by atoms with E-state index in [1.54, 1.807) is 29.2 Å². The van der Waals surface area contributed by atoms with E-state index in [4.69, 9.17) is 27.9 Å². The van der Waals surface area contributed by atoms with Crippen molar-refractivity contribution in [3.63, 3.8) is 0 Å². The first-order chi connectivity index (χ1) is 15.4. The number of rotatable bonds is 7. The maximum atomic E-state index is 12.6. The van der Waals surface area contributed by atoms with Crippen molar-refractivity contribution in [3.8, 4) is 5.75 Å². The molecule has 0 aliphatic carbocycles. The number of nitrogens with one attached hydrogen (secondary N) is 1. The summed E-state index contributed by atoms with van der Waals surface area (Å²) in [5.41, 5.74) is 4.78. The molecule has 0 spiro atoms. The third-order valence-corrected chi connectivity index (χ3v) is 6.55. The molecule has 4 aromatic rings. The van der Waals surface area contributed by atoms with Gasteiger partial charge in [0.2, 0.25) is 0 Å². The van der Waals surface area contributed by atoms with Crippen molar-refractivity contribution in [1.29, 1.82) is 0 Å². The lowest BCUT2D eigenvalue weighted by molar-refractivity contribution is 0.103. The second-order valence-electron chi connectivity index (χ2n) is 7.51. The molecule has 8 heteroatoms. The number of aryl methyl sites for hydroxylation is 2. The van der Waals surface area contributed by atoms with E-state index >= 15 is 0 Å². The number of hydrogen-bond donors (Lipinski definition) is 1. The van der Waals surface area contributed by atoms with Gasteiger partial charge in [-0.15, -0.1) is 11.3 Å². The molecule has 0 atom stereocenters. The van der Waals surface area contributed by atoms with Gasteiger partial charge in [0.05, 0.1) is 33.4 Å². The fourth-order valence-corrected chi connectivity index (χ4v) is 4.24. The van der Waals surface area contributed by atoms with Gasteiger partial charge in [-0.05, 0) is 60.2 Å². The van der Waals surface area contributed by atoms with Crippen LogP contribution in [0, 0.1) is 13.8 Å². The minimum Gasteiger partial charge on any atom is -0.489 e. The number of anilines is 1. The fourth-order valence-electron chi connectivity index (χ4n) is 3.13. The Hall–Kier alpha value is -2.80. The van der Waals surface area contributed by atoms with Crippen molar-refractivity contribution < 1.29 is 9.53 Å². The third kappa shape index (κ3) is 5.51. The smallest absolute Gasteiger partial charge is 0.265 e. The first kappa shape index (κ1) is 22.4. The predicted molar refractivity (Wildman–Crippen MR) is 130 cm³/mol. The van der Waals surface area contributed by atoms with Crippen molar-refractivity contribution in [2.45, 2.75) is 27.0 Å². The number of ether oxygens (including phenoxy) is 1. The minimum absolute atomic E-state index is 0.179. The van der Waals surface area contributed by atoms with Gasteiger partial charge in [-0.3, -0.25) is 9.48 Å². The highest BCUT2D eigenvalue weighted by atomic mass is 35.5. The Kier molecular flexibility index (Phi) is 6.84. The lowest BCUT2D eigenvalue weighted by atomic mass is 10.1. The van der Waals surface area contributed by atoms with Crippen molar-refractivity contribution in [1.82, 2.24) is 9.78 Å². The van der Waals surface area contributed by atoms with Gasteiger partial charge in [0.25, 0.3) is 5.91 Å². The van der Waals surface area contributed by atoms with E-state index in [1.165, 1.54) is 11.3 Å². The van der Waals surface area contributed by atoms with Crippen LogP contribution >= 0.6 is 34.5 Å². The van der Waals surface area contributed by atoms with Crippen LogP contribution in [0.1, 0.15) is 31.9 Å². The average Bonchev–Trinajstić information content (AvgIpc) is 3.41. The maximum absolute atomic E-state index is 12.6. The number of aromatic nitrogens is 2. The zero-order chi connectivity index (χ0) is 22.7. The summed E-state index contributed by atoms with van der Waals surface area (Å²) < 4.78 is 7.66. The number of carbonyl (C=O) groups is 1. The van der Waals surface area contributed by atoms with Crippen LogP contribution < -0.4 is 10.1 Å². The van der Waals surface area contributed by atoms with Gasteiger partial charge >= 0.3 is 0 Å². The molecule has 2 aromatic carbocycles. The Balaban J connectivity index is 1.35. The van der Waals surface area contributed by atoms with Gasteiger partial charge in [0.15, 0.2) is 0 Å². The first-order valence-electron chi connectivity index (χ1n) is 9.92. The minimum atomic E-state index is -0.179. The summed E-state index contributed by atoms with van der Waals surface area (Å²) in [6.45, 7) is 4.98. The van der Waals surface area contributed by atoms with Crippen LogP contribution in [0.3, 0.4) is 0 Å². The summed E-state index contributed by atoms with van der Waals surface area (Å²) in [4.78, 5) is 13.3. The largest absolute Gasteiger partial charge is 0.489 e. The molecule has 0 radical (unpaired) electrons. The Bertz CT molecular complexity index is 1270. The van der Waals surface area contributed by atoms with Crippen LogP contribution in [0.25, 0.3) is 0 Å². The number of nitrogens with zero attached hydrogens (tertiary/aromatic N) is 2. The van der Waals surface area contributed by atoms with Crippen LogP contribution in [0.15, 0.2) is 60.2 Å². The molecule has 0 aliphatic heterocycles. The van der Waals surface area contributed by atoms with Crippen molar-refractivity contribution in [2.75, 3.05) is 5.32 Å². The summed E-state index contributed by atoms with van der Waals surface area (Å²) in [7, 11) is 0. The predicted octanol–water partition coefficient (Wildman–Crippen LogP) is 6.75. The van der Waals surface area contributed by atoms with Crippen molar-refractivity contribution >= 4 is 46.1 Å². The van der Waals surface area contributed by atoms with Crippen molar-refractivity contribution in [3.05, 3.63) is 97.4 Å². The lowest BCUT2D eigenvalue weighted by Crippen LogP contribution is -2.09. The van der Waals surface area contributed by atoms with Crippen LogP contribution in [0.4, 0.5) is 5.69 Å². The number of thiophene rings is 1. The molecule has 1 amide bonds. The maximum Gasteiger partial charge on any atom is 0.265 e. The van der Waals surface area contributed by atoms with Gasteiger partial charge in [-0.2, -0.15) is 5.10 Å². The highest BCUT2D eigenvalue weighted by molar-refractivity contribution is 7.12. The van der Waals surface area contributed by atoms with E-state index in [1.807, 2.05) is 43.5 Å². The average molecular weight is 486 g/mol. The topological polar surface area (TPSA) is 56.1 Å². The van der Waals surface area contributed by atoms with Crippen LogP contribution in [0.2, 0.25) is 10.0 Å². The summed E-state index contributed by atoms with van der Waals surface area (Å²) in [6, 6.07) is 13.4. The Morgan fingerprint density at radius 3 is 2.75 bits per heavy atom. The standard InChI is InChI=1S/C24H21Cl2N3O2S/c1-15-3-4-16(2)22(7-15)31-13-18-9-23(32-14-18)24(30)28-19-10-27-29(12-19)11-17-5-6-20(25)21(26)8-17/h3-10,12,14H,11,13H2,1-2H3,(H,28,30). The number of hydrogen-bond acceptors (Lipinski definition) is 4. The lowest BCUT2D eigenvalue weighted by Gasteiger charge is -2.08. The number of carbonyl (C=O) groups excluding carboxylic acids is 1. The molecule has 164 valence electrons. The van der Waals surface area contributed by atoms with Crippen LogP contribution in [-0.4, -0.2) is 15.7 Å². The normalized spacial score (nSPS) is 10.9. The molecule has 0 bridgehead atoms. The second kappa shape index (κ2) is 9.77. The van der Waals surface area contributed by atoms with Gasteiger partial charge in [0.1, 0.15) is 12.4 Å². The molecule has 0 aliphatic rings. The molecular weight excluding hydrogens is 465 g/mol. The number of amides is 1. The SMILES string of the molecule is Cc1ccc(C)c(OCc2csc(C(=O)Nc3cnn(Cc4ccc(Cl)c(Cl)c4)c3)c2)c1. The highest BCUT2D eigenvalue weighted by Crippen LogP contribution is 2.24. The second-order valence-corrected chi connectivity index (χ2v) is 9.23. The zero-order valence-electron chi connectivity index (χ0n) is 17.6. The molecule has 2 aromatic heterocycles. The van der Waals surface area contributed by atoms with E-state index in [0.717, 1.165) is 28.0 Å². The summed E-state index contributed by atoms with van der Waals surface area (Å²) in [6.07, 6.45) is 3.39. The zero-order valence-corrected chi connectivity index (χ0v) is 19.9. The van der Waals surface area contributed by atoms with E-state index in [-0.39, 0.29) is 5.91 Å². The molecule has 4 rings (SSSR count). The van der Waals surface area contributed by atoms with Crippen LogP contribution in [-0.2, 0) is 13.2 Å². The van der Waals surface area contributed by atoms with Gasteiger partial charge in [-0.1, -0.05) is 41.4 Å². The molecule has 5 nitrogen and oxygen atoms in total. The molecular formula is C24H21Cl2N3O2S. The van der Waals surface area contributed by atoms with E-state index in [2.05, 4.69) is 16.5 Å². The molecule has 0 saturated heterocycles. The Morgan fingerprint density at radius 1 is 1.09 bits per heavy atom. The van der Waals surface area contributed by atoms with E-state index in [9.17, 15) is 4.79 Å². The summed E-state index contributed by atoms with van der Waals surface area (Å²) in [5, 5.41) is 10.1. The molecule has 0 fully saturated rings. The molecule has 2 heterocycles. The quantitative estimate of drug-likeness (QED) is 0.315. The van der Waals surface area contributed by atoms with Gasteiger partial charge in [0, 0.05) is 11.8 Å². The number of benzene rings is 2. The van der Waals surface area contributed by atoms with Crippen molar-refractivity contribution in [2.24, 2.45) is 0 Å².